The summed E-state index contributed by atoms with van der Waals surface area (Å²) in [6.07, 6.45) is 4.09. The van der Waals surface area contributed by atoms with Crippen LogP contribution in [0, 0.1) is 0 Å². The van der Waals surface area contributed by atoms with Gasteiger partial charge >= 0.3 is 0 Å². The number of fused-ring (bicyclic) bond motifs is 1. The molecule has 2 aromatic rings. The van der Waals surface area contributed by atoms with Gasteiger partial charge in [-0.1, -0.05) is 36.4 Å². The van der Waals surface area contributed by atoms with Crippen LogP contribution in [0.2, 0.25) is 0 Å². The maximum atomic E-state index is 11.8. The van der Waals surface area contributed by atoms with Crippen LogP contribution in [-0.2, 0) is 9.59 Å². The smallest absolute Gasteiger partial charge is 0.170 e. The number of anilines is 1. The maximum absolute atomic E-state index is 11.8. The van der Waals surface area contributed by atoms with Gasteiger partial charge in [0.25, 0.3) is 0 Å². The molecule has 1 saturated carbocycles. The van der Waals surface area contributed by atoms with Crippen molar-refractivity contribution in [3.63, 3.8) is 0 Å². The first-order valence-electron chi connectivity index (χ1n) is 7.57. The molecule has 2 N–H and O–H groups in total. The van der Waals surface area contributed by atoms with Crippen LogP contribution in [0.1, 0.15) is 19.3 Å². The highest BCUT2D eigenvalue weighted by Crippen LogP contribution is 2.23. The number of rotatable bonds is 3. The van der Waals surface area contributed by atoms with E-state index in [0.717, 1.165) is 16.5 Å². The van der Waals surface area contributed by atoms with Crippen LogP contribution in [0.4, 0.5) is 5.69 Å². The summed E-state index contributed by atoms with van der Waals surface area (Å²) in [5.41, 5.74) is 0.811. The van der Waals surface area contributed by atoms with E-state index in [9.17, 15) is 14.7 Å². The monoisotopic (exact) mass is 307 g/mol. The Morgan fingerprint density at radius 3 is 2.48 bits per heavy atom. The van der Waals surface area contributed by atoms with Crippen LogP contribution in [0.3, 0.4) is 0 Å². The van der Waals surface area contributed by atoms with Crippen LogP contribution in [0.25, 0.3) is 10.8 Å². The van der Waals surface area contributed by atoms with Crippen molar-refractivity contribution in [3.8, 4) is 0 Å². The summed E-state index contributed by atoms with van der Waals surface area (Å²) in [5, 5.41) is 15.3. The lowest BCUT2D eigenvalue weighted by Crippen LogP contribution is -2.20. The Morgan fingerprint density at radius 2 is 1.70 bits per heavy atom. The van der Waals surface area contributed by atoms with E-state index in [1.165, 1.54) is 6.08 Å². The van der Waals surface area contributed by atoms with E-state index < -0.39 is 0 Å². The summed E-state index contributed by atoms with van der Waals surface area (Å²) in [7, 11) is 0. The van der Waals surface area contributed by atoms with Crippen LogP contribution >= 0.6 is 0 Å². The summed E-state index contributed by atoms with van der Waals surface area (Å²) >= 11 is 0. The molecule has 0 unspecified atom stereocenters. The number of Topliss-reactive ketones (excluding diaryl/α,β-unsaturated/α-hetero) is 2. The van der Waals surface area contributed by atoms with Gasteiger partial charge in [0.2, 0.25) is 0 Å². The second-order valence-electron chi connectivity index (χ2n) is 5.46. The highest BCUT2D eigenvalue weighted by molar-refractivity contribution is 6.22. The molecule has 1 aliphatic carbocycles. The summed E-state index contributed by atoms with van der Waals surface area (Å²) in [6, 6.07) is 13.8. The predicted octanol–water partition coefficient (Wildman–Crippen LogP) is 3.90. The molecule has 0 aromatic heterocycles. The minimum atomic E-state index is -0.284. The Hall–Kier alpha value is -2.88. The van der Waals surface area contributed by atoms with Gasteiger partial charge in [0.15, 0.2) is 11.6 Å². The zero-order chi connectivity index (χ0) is 16.2. The summed E-state index contributed by atoms with van der Waals surface area (Å²) in [5.74, 6) is -0.838. The standard InChI is InChI=1S/C19H17NO3/c21-16-9-4-10-17(22)19(16)18(23)11-12-20-15-8-3-6-13-5-1-2-7-14(13)15/h1-3,5-8,11-12,20,23H,4,9-10H2/b12-11-. The molecule has 0 atom stereocenters. The van der Waals surface area contributed by atoms with Crippen LogP contribution in [-0.4, -0.2) is 16.7 Å². The number of benzene rings is 2. The Labute approximate surface area is 134 Å². The average Bonchev–Trinajstić information content (AvgIpc) is 2.55. The van der Waals surface area contributed by atoms with E-state index in [1.54, 1.807) is 6.20 Å². The summed E-state index contributed by atoms with van der Waals surface area (Å²) < 4.78 is 0. The topological polar surface area (TPSA) is 66.4 Å². The first-order chi connectivity index (χ1) is 11.2. The molecule has 0 spiro atoms. The van der Waals surface area contributed by atoms with Crippen molar-refractivity contribution in [1.82, 2.24) is 0 Å². The molecular weight excluding hydrogens is 290 g/mol. The lowest BCUT2D eigenvalue weighted by atomic mass is 9.91. The number of carbonyl (C=O) groups is 2. The lowest BCUT2D eigenvalue weighted by Gasteiger charge is -2.12. The number of carbonyl (C=O) groups excluding carboxylic acids is 2. The number of aliphatic hydroxyl groups excluding tert-OH is 1. The Balaban J connectivity index is 1.83. The Bertz CT molecular complexity index is 810. The van der Waals surface area contributed by atoms with E-state index in [2.05, 4.69) is 5.32 Å². The third kappa shape index (κ3) is 3.16. The van der Waals surface area contributed by atoms with Crippen molar-refractivity contribution >= 4 is 28.0 Å². The fourth-order valence-corrected chi connectivity index (χ4v) is 2.75. The molecule has 0 amide bonds. The van der Waals surface area contributed by atoms with Gasteiger partial charge in [-0.2, -0.15) is 0 Å². The van der Waals surface area contributed by atoms with Gasteiger partial charge in [-0.3, -0.25) is 9.59 Å². The van der Waals surface area contributed by atoms with Gasteiger partial charge in [0.1, 0.15) is 11.3 Å². The molecule has 3 rings (SSSR count). The molecule has 1 aliphatic rings. The first kappa shape index (κ1) is 15.0. The van der Waals surface area contributed by atoms with Crippen molar-refractivity contribution in [1.29, 1.82) is 0 Å². The molecule has 0 aliphatic heterocycles. The van der Waals surface area contributed by atoms with Crippen LogP contribution in [0.15, 0.2) is 66.1 Å². The number of hydrogen-bond donors (Lipinski definition) is 2. The molecule has 116 valence electrons. The molecular formula is C19H17NO3. The zero-order valence-electron chi connectivity index (χ0n) is 12.6. The van der Waals surface area contributed by atoms with E-state index in [4.69, 9.17) is 0 Å². The normalized spacial score (nSPS) is 15.4. The number of ketones is 2. The van der Waals surface area contributed by atoms with E-state index in [0.29, 0.717) is 19.3 Å². The van der Waals surface area contributed by atoms with Crippen molar-refractivity contribution in [2.24, 2.45) is 0 Å². The quantitative estimate of drug-likeness (QED) is 0.513. The number of hydrogen-bond acceptors (Lipinski definition) is 4. The molecule has 4 nitrogen and oxygen atoms in total. The molecule has 0 radical (unpaired) electrons. The van der Waals surface area contributed by atoms with Gasteiger partial charge in [-0.15, -0.1) is 0 Å². The fraction of sp³-hybridized carbons (Fsp3) is 0.158. The second-order valence-corrected chi connectivity index (χ2v) is 5.46. The van der Waals surface area contributed by atoms with Gasteiger partial charge in [0.05, 0.1) is 0 Å². The molecule has 2 aromatic carbocycles. The predicted molar refractivity (Wildman–Crippen MR) is 90.2 cm³/mol. The minimum absolute atomic E-state index is 0.0766. The van der Waals surface area contributed by atoms with Crippen molar-refractivity contribution in [2.45, 2.75) is 19.3 Å². The molecule has 1 fully saturated rings. The largest absolute Gasteiger partial charge is 0.507 e. The van der Waals surface area contributed by atoms with Gasteiger partial charge in [0, 0.05) is 30.1 Å². The Kier molecular flexibility index (Phi) is 4.24. The minimum Gasteiger partial charge on any atom is -0.507 e. The maximum Gasteiger partial charge on any atom is 0.170 e. The molecule has 0 bridgehead atoms. The van der Waals surface area contributed by atoms with E-state index in [-0.39, 0.29) is 22.9 Å². The molecule has 0 heterocycles. The van der Waals surface area contributed by atoms with Gasteiger partial charge in [-0.25, -0.2) is 0 Å². The number of aliphatic hydroxyl groups is 1. The summed E-state index contributed by atoms with van der Waals surface area (Å²) in [4.78, 5) is 23.5. The van der Waals surface area contributed by atoms with Crippen LogP contribution < -0.4 is 5.32 Å². The summed E-state index contributed by atoms with van der Waals surface area (Å²) in [6.45, 7) is 0. The SMILES string of the molecule is O=C1CCCC(=O)C1=C(O)/C=C\Nc1cccc2ccccc12. The highest BCUT2D eigenvalue weighted by Gasteiger charge is 2.25. The van der Waals surface area contributed by atoms with E-state index in [1.807, 2.05) is 42.5 Å². The Morgan fingerprint density at radius 1 is 1.00 bits per heavy atom. The number of allylic oxidation sites excluding steroid dienone is 2. The van der Waals surface area contributed by atoms with Gasteiger partial charge < -0.3 is 10.4 Å². The second kappa shape index (κ2) is 6.48. The highest BCUT2D eigenvalue weighted by atomic mass is 16.3. The van der Waals surface area contributed by atoms with Crippen molar-refractivity contribution < 1.29 is 14.7 Å². The van der Waals surface area contributed by atoms with Crippen molar-refractivity contribution in [2.75, 3.05) is 5.32 Å². The molecule has 0 saturated heterocycles. The fourth-order valence-electron chi connectivity index (χ4n) is 2.75. The van der Waals surface area contributed by atoms with Crippen molar-refractivity contribution in [3.05, 3.63) is 66.1 Å². The van der Waals surface area contributed by atoms with Gasteiger partial charge in [-0.05, 0) is 23.9 Å². The first-order valence-corrected chi connectivity index (χ1v) is 7.57. The lowest BCUT2D eigenvalue weighted by molar-refractivity contribution is -0.124. The zero-order valence-corrected chi connectivity index (χ0v) is 12.6. The van der Waals surface area contributed by atoms with E-state index >= 15 is 0 Å². The average molecular weight is 307 g/mol. The molecule has 4 heteroatoms. The third-order valence-electron chi connectivity index (χ3n) is 3.89. The van der Waals surface area contributed by atoms with Crippen LogP contribution in [0.5, 0.6) is 0 Å². The number of nitrogens with one attached hydrogen (secondary N) is 1. The third-order valence-corrected chi connectivity index (χ3v) is 3.89. The molecule has 23 heavy (non-hydrogen) atoms.